The van der Waals surface area contributed by atoms with Crippen LogP contribution in [0.15, 0.2) is 83.8 Å². The van der Waals surface area contributed by atoms with E-state index in [2.05, 4.69) is 5.32 Å². The predicted octanol–water partition coefficient (Wildman–Crippen LogP) is 6.35. The number of hydrogen-bond donors (Lipinski definition) is 1. The molecule has 0 saturated heterocycles. The smallest absolute Gasteiger partial charge is 0.264 e. The van der Waals surface area contributed by atoms with Gasteiger partial charge < -0.3 is 10.2 Å². The van der Waals surface area contributed by atoms with E-state index in [1.807, 2.05) is 38.1 Å². The summed E-state index contributed by atoms with van der Waals surface area (Å²) in [5.74, 6) is -0.714. The maximum absolute atomic E-state index is 14.2. The Morgan fingerprint density at radius 1 is 0.905 bits per heavy atom. The molecule has 0 spiro atoms. The molecule has 0 bridgehead atoms. The van der Waals surface area contributed by atoms with Gasteiger partial charge in [-0.05, 0) is 67.1 Å². The third-order valence-corrected chi connectivity index (χ3v) is 10.0. The molecular formula is C33H40ClN3O4S. The molecule has 0 radical (unpaired) electrons. The number of aryl methyl sites for hydroxylation is 1. The van der Waals surface area contributed by atoms with Crippen LogP contribution in [0.3, 0.4) is 0 Å². The van der Waals surface area contributed by atoms with Gasteiger partial charge in [-0.15, -0.1) is 0 Å². The first-order valence-corrected chi connectivity index (χ1v) is 16.6. The molecule has 1 unspecified atom stereocenters. The maximum atomic E-state index is 14.2. The van der Waals surface area contributed by atoms with Crippen molar-refractivity contribution in [2.45, 2.75) is 82.3 Å². The number of nitrogens with zero attached hydrogens (tertiary/aromatic N) is 2. The van der Waals surface area contributed by atoms with Gasteiger partial charge in [-0.25, -0.2) is 8.42 Å². The molecule has 0 aliphatic heterocycles. The lowest BCUT2D eigenvalue weighted by Gasteiger charge is -2.34. The van der Waals surface area contributed by atoms with E-state index < -0.39 is 28.5 Å². The van der Waals surface area contributed by atoms with Crippen molar-refractivity contribution in [3.8, 4) is 0 Å². The topological polar surface area (TPSA) is 86.8 Å². The van der Waals surface area contributed by atoms with E-state index in [0.717, 1.165) is 48.4 Å². The van der Waals surface area contributed by atoms with E-state index in [1.54, 1.807) is 42.5 Å². The zero-order valence-electron chi connectivity index (χ0n) is 24.3. The van der Waals surface area contributed by atoms with Crippen molar-refractivity contribution in [3.63, 3.8) is 0 Å². The standard InChI is InChI=1S/C33H40ClN3O4S/c1-3-25-19-21-28(22-20-25)37(42(40,41)29-16-9-6-10-17-29)24-32(38)36(23-26-13-11-12-18-30(26)34)31(4-2)33(39)35-27-14-7-5-8-15-27/h6,9-13,16-22,27,31H,3-5,7-8,14-15,23-24H2,1-2H3,(H,35,39). The maximum Gasteiger partial charge on any atom is 0.264 e. The molecule has 224 valence electrons. The van der Waals surface area contributed by atoms with Gasteiger partial charge in [0.15, 0.2) is 0 Å². The largest absolute Gasteiger partial charge is 0.352 e. The van der Waals surface area contributed by atoms with Crippen LogP contribution in [-0.2, 0) is 32.6 Å². The highest BCUT2D eigenvalue weighted by atomic mass is 35.5. The van der Waals surface area contributed by atoms with E-state index in [1.165, 1.54) is 17.0 Å². The molecule has 0 heterocycles. The molecule has 1 aliphatic carbocycles. The summed E-state index contributed by atoms with van der Waals surface area (Å²) in [5, 5.41) is 3.64. The summed E-state index contributed by atoms with van der Waals surface area (Å²) in [5.41, 5.74) is 2.11. The highest BCUT2D eigenvalue weighted by molar-refractivity contribution is 7.92. The van der Waals surface area contributed by atoms with E-state index in [9.17, 15) is 18.0 Å². The predicted molar refractivity (Wildman–Crippen MR) is 168 cm³/mol. The first kappa shape index (κ1) is 31.6. The summed E-state index contributed by atoms with van der Waals surface area (Å²) < 4.78 is 29.0. The number of hydrogen-bond acceptors (Lipinski definition) is 4. The van der Waals surface area contributed by atoms with Gasteiger partial charge >= 0.3 is 0 Å². The van der Waals surface area contributed by atoms with Crippen LogP contribution in [0.25, 0.3) is 0 Å². The minimum absolute atomic E-state index is 0.0725. The van der Waals surface area contributed by atoms with Crippen LogP contribution < -0.4 is 9.62 Å². The number of halogens is 1. The molecule has 3 aromatic rings. The van der Waals surface area contributed by atoms with E-state index in [-0.39, 0.29) is 23.4 Å². The molecule has 1 aliphatic rings. The van der Waals surface area contributed by atoms with Crippen molar-refractivity contribution >= 4 is 39.1 Å². The third kappa shape index (κ3) is 7.72. The Morgan fingerprint density at radius 3 is 2.17 bits per heavy atom. The van der Waals surface area contributed by atoms with Crippen molar-refractivity contribution in [1.29, 1.82) is 0 Å². The van der Waals surface area contributed by atoms with Crippen LogP contribution in [0, 0.1) is 0 Å². The van der Waals surface area contributed by atoms with Crippen LogP contribution in [0.1, 0.15) is 63.5 Å². The van der Waals surface area contributed by atoms with Crippen molar-refractivity contribution in [3.05, 3.63) is 95.0 Å². The Morgan fingerprint density at radius 2 is 1.55 bits per heavy atom. The second kappa shape index (κ2) is 14.7. The van der Waals surface area contributed by atoms with E-state index in [4.69, 9.17) is 11.6 Å². The zero-order valence-corrected chi connectivity index (χ0v) is 25.9. The van der Waals surface area contributed by atoms with Crippen molar-refractivity contribution in [2.24, 2.45) is 0 Å². The second-order valence-corrected chi connectivity index (χ2v) is 13.0. The Balaban J connectivity index is 1.70. The van der Waals surface area contributed by atoms with E-state index in [0.29, 0.717) is 22.7 Å². The summed E-state index contributed by atoms with van der Waals surface area (Å²) in [4.78, 5) is 29.4. The first-order chi connectivity index (χ1) is 20.2. The highest BCUT2D eigenvalue weighted by Crippen LogP contribution is 2.26. The number of carbonyl (C=O) groups is 2. The number of carbonyl (C=O) groups excluding carboxylic acids is 2. The van der Waals surface area contributed by atoms with Gasteiger partial charge in [-0.2, -0.15) is 0 Å². The van der Waals surface area contributed by atoms with Gasteiger partial charge in [-0.1, -0.05) is 93.2 Å². The van der Waals surface area contributed by atoms with Gasteiger partial charge in [0.05, 0.1) is 10.6 Å². The molecular weight excluding hydrogens is 570 g/mol. The molecule has 1 saturated carbocycles. The summed E-state index contributed by atoms with van der Waals surface area (Å²) in [6, 6.07) is 21.7. The Bertz CT molecular complexity index is 1440. The Labute approximate surface area is 254 Å². The van der Waals surface area contributed by atoms with E-state index >= 15 is 0 Å². The fraction of sp³-hybridized carbons (Fsp3) is 0.394. The monoisotopic (exact) mass is 609 g/mol. The fourth-order valence-electron chi connectivity index (χ4n) is 5.42. The SMILES string of the molecule is CCc1ccc(N(CC(=O)N(Cc2ccccc2Cl)C(CC)C(=O)NC2CCCCC2)S(=O)(=O)c2ccccc2)cc1. The van der Waals surface area contributed by atoms with Gasteiger partial charge in [0.1, 0.15) is 12.6 Å². The van der Waals surface area contributed by atoms with Crippen molar-refractivity contribution in [2.75, 3.05) is 10.8 Å². The van der Waals surface area contributed by atoms with Gasteiger partial charge in [-0.3, -0.25) is 13.9 Å². The number of rotatable bonds is 12. The molecule has 7 nitrogen and oxygen atoms in total. The quantitative estimate of drug-likeness (QED) is 0.259. The minimum Gasteiger partial charge on any atom is -0.352 e. The van der Waals surface area contributed by atoms with Gasteiger partial charge in [0.25, 0.3) is 10.0 Å². The first-order valence-electron chi connectivity index (χ1n) is 14.7. The van der Waals surface area contributed by atoms with Crippen LogP contribution in [0.2, 0.25) is 5.02 Å². The summed E-state index contributed by atoms with van der Waals surface area (Å²) in [6.07, 6.45) is 6.27. The normalized spacial score (nSPS) is 14.6. The van der Waals surface area contributed by atoms with Gasteiger partial charge in [0, 0.05) is 17.6 Å². The molecule has 1 fully saturated rings. The molecule has 2 amide bonds. The van der Waals surface area contributed by atoms with Crippen LogP contribution in [-0.4, -0.2) is 43.8 Å². The molecule has 4 rings (SSSR count). The molecule has 9 heteroatoms. The number of amides is 2. The lowest BCUT2D eigenvalue weighted by molar-refractivity contribution is -0.140. The Hall–Kier alpha value is -3.36. The van der Waals surface area contributed by atoms with Crippen molar-refractivity contribution < 1.29 is 18.0 Å². The number of sulfonamides is 1. The van der Waals surface area contributed by atoms with Crippen molar-refractivity contribution in [1.82, 2.24) is 10.2 Å². The third-order valence-electron chi connectivity index (χ3n) is 7.88. The Kier molecular flexibility index (Phi) is 11.0. The molecule has 1 N–H and O–H groups in total. The molecule has 42 heavy (non-hydrogen) atoms. The lowest BCUT2D eigenvalue weighted by atomic mass is 9.95. The van der Waals surface area contributed by atoms with Crippen LogP contribution >= 0.6 is 11.6 Å². The molecule has 1 atom stereocenters. The van der Waals surface area contributed by atoms with Crippen LogP contribution in [0.5, 0.6) is 0 Å². The zero-order chi connectivity index (χ0) is 30.1. The lowest BCUT2D eigenvalue weighted by Crippen LogP contribution is -2.54. The second-order valence-electron chi connectivity index (χ2n) is 10.7. The molecule has 3 aromatic carbocycles. The summed E-state index contributed by atoms with van der Waals surface area (Å²) in [6.45, 7) is 3.48. The number of nitrogens with one attached hydrogen (secondary N) is 1. The van der Waals surface area contributed by atoms with Crippen LogP contribution in [0.4, 0.5) is 5.69 Å². The summed E-state index contributed by atoms with van der Waals surface area (Å²) in [7, 11) is -4.10. The fourth-order valence-corrected chi connectivity index (χ4v) is 7.05. The average molecular weight is 610 g/mol. The summed E-state index contributed by atoms with van der Waals surface area (Å²) >= 11 is 6.49. The highest BCUT2D eigenvalue weighted by Gasteiger charge is 2.34. The van der Waals surface area contributed by atoms with Gasteiger partial charge in [0.2, 0.25) is 11.8 Å². The average Bonchev–Trinajstić information content (AvgIpc) is 3.01. The number of anilines is 1. The minimum atomic E-state index is -4.10. The molecule has 0 aromatic heterocycles. The number of benzene rings is 3.